The van der Waals surface area contributed by atoms with Crippen molar-refractivity contribution in [2.75, 3.05) is 0 Å². The fourth-order valence-corrected chi connectivity index (χ4v) is 3.71. The Morgan fingerprint density at radius 3 is 2.75 bits per heavy atom. The number of aromatic amines is 1. The molecule has 2 aromatic heterocycles. The molecule has 9 heteroatoms. The lowest BCUT2D eigenvalue weighted by Gasteiger charge is -2.31. The summed E-state index contributed by atoms with van der Waals surface area (Å²) in [6.07, 6.45) is 2.12. The van der Waals surface area contributed by atoms with E-state index in [0.29, 0.717) is 22.7 Å². The summed E-state index contributed by atoms with van der Waals surface area (Å²) in [5, 5.41) is 8.51. The van der Waals surface area contributed by atoms with Crippen molar-refractivity contribution in [3.8, 4) is 0 Å². The average molecular weight is 437 g/mol. The number of halogens is 1. The molecule has 0 spiro atoms. The summed E-state index contributed by atoms with van der Waals surface area (Å²) in [4.78, 5) is 12.7. The number of para-hydroxylation sites is 3. The van der Waals surface area contributed by atoms with Crippen LogP contribution in [0.25, 0.3) is 21.9 Å². The molecule has 4 aromatic rings. The number of nitrogens with zero attached hydrogens (tertiary/aromatic N) is 4. The lowest BCUT2D eigenvalue weighted by Crippen LogP contribution is -2.51. The Bertz CT molecular complexity index is 1230. The standard InChI is InChI=1S/C19H17BrN8/c20-16-17(21)26-18(28-14-8-4-1-5-11(14)10-23-28)27-19(16,22)9-15-24-12-6-2-3-7-13(12)25-15/h1-8,10H,9,21-22H2,(H,24,25)(H,26,27). The van der Waals surface area contributed by atoms with Crippen LogP contribution < -0.4 is 16.8 Å². The van der Waals surface area contributed by atoms with E-state index in [1.54, 1.807) is 10.9 Å². The molecular weight excluding hydrogens is 420 g/mol. The van der Waals surface area contributed by atoms with Crippen LogP contribution >= 0.6 is 15.9 Å². The van der Waals surface area contributed by atoms with E-state index in [2.05, 4.69) is 36.3 Å². The first kappa shape index (κ1) is 17.0. The number of H-pyrrole nitrogens is 1. The normalized spacial score (nSPS) is 19.9. The first-order valence-electron chi connectivity index (χ1n) is 8.72. The van der Waals surface area contributed by atoms with Gasteiger partial charge in [-0.3, -0.25) is 0 Å². The summed E-state index contributed by atoms with van der Waals surface area (Å²) in [6.45, 7) is 0. The zero-order valence-electron chi connectivity index (χ0n) is 14.7. The highest BCUT2D eigenvalue weighted by Gasteiger charge is 2.36. The number of nitrogens with one attached hydrogen (secondary N) is 2. The number of hydrogen-bond donors (Lipinski definition) is 4. The topological polar surface area (TPSA) is 123 Å². The van der Waals surface area contributed by atoms with Crippen LogP contribution in [0.15, 0.2) is 70.0 Å². The van der Waals surface area contributed by atoms with Crippen LogP contribution in [0, 0.1) is 0 Å². The van der Waals surface area contributed by atoms with Crippen LogP contribution in [-0.4, -0.2) is 31.4 Å². The van der Waals surface area contributed by atoms with Crippen LogP contribution in [0.2, 0.25) is 0 Å². The summed E-state index contributed by atoms with van der Waals surface area (Å²) < 4.78 is 2.27. The Morgan fingerprint density at radius 2 is 1.89 bits per heavy atom. The van der Waals surface area contributed by atoms with Crippen LogP contribution in [0.5, 0.6) is 0 Å². The van der Waals surface area contributed by atoms with Gasteiger partial charge in [-0.2, -0.15) is 9.78 Å². The molecule has 0 bridgehead atoms. The lowest BCUT2D eigenvalue weighted by atomic mass is 10.1. The Hall–Kier alpha value is -3.17. The SMILES string of the molecule is NC1=C(Br)C(N)(Cc2nc3ccccc3[nH]2)N=C(n2ncc3ccccc32)N1. The Morgan fingerprint density at radius 1 is 1.11 bits per heavy atom. The third-order valence-corrected chi connectivity index (χ3v) is 5.84. The predicted molar refractivity (Wildman–Crippen MR) is 113 cm³/mol. The second-order valence-electron chi connectivity index (χ2n) is 6.70. The maximum absolute atomic E-state index is 6.67. The highest BCUT2D eigenvalue weighted by molar-refractivity contribution is 9.11. The fourth-order valence-electron chi connectivity index (χ4n) is 3.38. The van der Waals surface area contributed by atoms with E-state index in [-0.39, 0.29) is 0 Å². The van der Waals surface area contributed by atoms with Gasteiger partial charge in [-0.15, -0.1) is 0 Å². The minimum atomic E-state index is -1.12. The average Bonchev–Trinajstić information content (AvgIpc) is 3.29. The highest BCUT2D eigenvalue weighted by atomic mass is 79.9. The van der Waals surface area contributed by atoms with Crippen LogP contribution in [0.4, 0.5) is 0 Å². The third-order valence-electron chi connectivity index (χ3n) is 4.72. The molecule has 0 saturated carbocycles. The molecule has 0 aliphatic carbocycles. The Balaban J connectivity index is 1.58. The number of aliphatic imine (C=N–C) groups is 1. The monoisotopic (exact) mass is 436 g/mol. The molecule has 8 nitrogen and oxygen atoms in total. The molecule has 0 fully saturated rings. The summed E-state index contributed by atoms with van der Waals surface area (Å²) in [7, 11) is 0. The summed E-state index contributed by atoms with van der Waals surface area (Å²) in [5.74, 6) is 1.58. The maximum atomic E-state index is 6.67. The number of imidazole rings is 1. The lowest BCUT2D eigenvalue weighted by molar-refractivity contribution is 0.511. The largest absolute Gasteiger partial charge is 0.384 e. The third kappa shape index (κ3) is 2.67. The van der Waals surface area contributed by atoms with E-state index in [9.17, 15) is 0 Å². The number of hydrogen-bond acceptors (Lipinski definition) is 6. The van der Waals surface area contributed by atoms with Gasteiger partial charge in [0.2, 0.25) is 5.96 Å². The molecule has 2 aromatic carbocycles. The van der Waals surface area contributed by atoms with E-state index in [1.165, 1.54) is 0 Å². The van der Waals surface area contributed by atoms with Gasteiger partial charge >= 0.3 is 0 Å². The van der Waals surface area contributed by atoms with Gasteiger partial charge in [-0.1, -0.05) is 30.3 Å². The molecular formula is C19H17BrN8. The minimum Gasteiger partial charge on any atom is -0.384 e. The van der Waals surface area contributed by atoms with E-state index in [0.717, 1.165) is 27.8 Å². The van der Waals surface area contributed by atoms with Crippen LogP contribution in [-0.2, 0) is 6.42 Å². The summed E-state index contributed by atoms with van der Waals surface area (Å²) in [6, 6.07) is 15.7. The van der Waals surface area contributed by atoms with Crippen molar-refractivity contribution in [3.05, 3.63) is 70.9 Å². The molecule has 1 atom stereocenters. The van der Waals surface area contributed by atoms with E-state index < -0.39 is 5.66 Å². The van der Waals surface area contributed by atoms with Gasteiger partial charge in [-0.05, 0) is 34.1 Å². The number of fused-ring (bicyclic) bond motifs is 2. The molecule has 1 unspecified atom stereocenters. The zero-order valence-corrected chi connectivity index (χ0v) is 16.3. The van der Waals surface area contributed by atoms with Crippen LogP contribution in [0.1, 0.15) is 5.82 Å². The van der Waals surface area contributed by atoms with E-state index in [1.807, 2.05) is 48.5 Å². The number of nitrogens with two attached hydrogens (primary N) is 2. The highest BCUT2D eigenvalue weighted by Crippen LogP contribution is 2.30. The van der Waals surface area contributed by atoms with Gasteiger partial charge in [0.25, 0.3) is 0 Å². The number of aromatic nitrogens is 4. The van der Waals surface area contributed by atoms with Gasteiger partial charge in [0.1, 0.15) is 11.6 Å². The van der Waals surface area contributed by atoms with Crippen molar-refractivity contribution < 1.29 is 0 Å². The van der Waals surface area contributed by atoms with E-state index in [4.69, 9.17) is 16.5 Å². The maximum Gasteiger partial charge on any atom is 0.227 e. The van der Waals surface area contributed by atoms with Gasteiger partial charge < -0.3 is 21.8 Å². The molecule has 28 heavy (non-hydrogen) atoms. The molecule has 0 saturated heterocycles. The molecule has 5 rings (SSSR count). The predicted octanol–water partition coefficient (Wildman–Crippen LogP) is 2.14. The van der Waals surface area contributed by atoms with Crippen molar-refractivity contribution in [1.29, 1.82) is 0 Å². The zero-order chi connectivity index (χ0) is 19.3. The summed E-state index contributed by atoms with van der Waals surface area (Å²) in [5.41, 5.74) is 14.5. The smallest absolute Gasteiger partial charge is 0.227 e. The Labute approximate surface area is 168 Å². The minimum absolute atomic E-state index is 0.341. The number of benzene rings is 2. The van der Waals surface area contributed by atoms with Gasteiger partial charge in [0.05, 0.1) is 27.2 Å². The first-order chi connectivity index (χ1) is 13.5. The van der Waals surface area contributed by atoms with Gasteiger partial charge in [0.15, 0.2) is 5.66 Å². The van der Waals surface area contributed by atoms with Gasteiger partial charge in [0, 0.05) is 11.8 Å². The van der Waals surface area contributed by atoms with Crippen LogP contribution in [0.3, 0.4) is 0 Å². The Kier molecular flexibility index (Phi) is 3.74. The fraction of sp³-hybridized carbons (Fsp3) is 0.105. The molecule has 1 aliphatic heterocycles. The molecule has 140 valence electrons. The molecule has 6 N–H and O–H groups in total. The van der Waals surface area contributed by atoms with E-state index >= 15 is 0 Å². The molecule has 0 amide bonds. The molecule has 3 heterocycles. The first-order valence-corrected chi connectivity index (χ1v) is 9.51. The second kappa shape index (κ2) is 6.18. The van der Waals surface area contributed by atoms with Crippen molar-refractivity contribution in [1.82, 2.24) is 25.1 Å². The summed E-state index contributed by atoms with van der Waals surface area (Å²) >= 11 is 3.51. The van der Waals surface area contributed by atoms with Crippen molar-refractivity contribution in [2.24, 2.45) is 16.5 Å². The van der Waals surface area contributed by atoms with Crippen molar-refractivity contribution in [2.45, 2.75) is 12.1 Å². The van der Waals surface area contributed by atoms with Crippen molar-refractivity contribution in [3.63, 3.8) is 0 Å². The molecule has 1 aliphatic rings. The second-order valence-corrected chi connectivity index (χ2v) is 7.50. The number of rotatable bonds is 2. The quantitative estimate of drug-likeness (QED) is 0.383. The molecule has 0 radical (unpaired) electrons. The van der Waals surface area contributed by atoms with Crippen molar-refractivity contribution >= 4 is 43.8 Å². The van der Waals surface area contributed by atoms with Gasteiger partial charge in [-0.25, -0.2) is 9.98 Å².